The van der Waals surface area contributed by atoms with Gasteiger partial charge in [-0.1, -0.05) is 15.9 Å². The molecule has 0 spiro atoms. The van der Waals surface area contributed by atoms with E-state index in [-0.39, 0.29) is 4.83 Å². The van der Waals surface area contributed by atoms with Crippen LogP contribution in [0, 0.1) is 0 Å². The van der Waals surface area contributed by atoms with Crippen molar-refractivity contribution in [2.24, 2.45) is 0 Å². The van der Waals surface area contributed by atoms with E-state index >= 15 is 0 Å². The van der Waals surface area contributed by atoms with E-state index in [0.29, 0.717) is 0 Å². The Bertz CT molecular complexity index is 91.3. The summed E-state index contributed by atoms with van der Waals surface area (Å²) in [6.07, 6.45) is -1.30. The van der Waals surface area contributed by atoms with Crippen molar-refractivity contribution in [1.29, 1.82) is 0 Å². The van der Waals surface area contributed by atoms with Gasteiger partial charge in [-0.15, -0.1) is 0 Å². The quantitative estimate of drug-likeness (QED) is 0.601. The second kappa shape index (κ2) is 3.04. The molecule has 0 saturated heterocycles. The number of carboxylic acid groups (broad SMARTS) is 1. The number of carboxylic acids is 1. The molecule has 0 saturated carbocycles. The smallest absolute Gasteiger partial charge is 0.333 e. The standard InChI is InChI=1S/C4H7BrO3/c1-2(5)3(6)4(7)8/h2-3,6H,1H3,(H,7,8)/t2-,3-/m1/s1. The number of alkyl halides is 1. The first-order valence-electron chi connectivity index (χ1n) is 2.10. The Kier molecular flexibility index (Phi) is 3.01. The van der Waals surface area contributed by atoms with Crippen LogP contribution < -0.4 is 0 Å². The maximum Gasteiger partial charge on any atom is 0.333 e. The van der Waals surface area contributed by atoms with Gasteiger partial charge in [-0.2, -0.15) is 0 Å². The molecule has 2 N–H and O–H groups in total. The third kappa shape index (κ3) is 2.28. The first-order chi connectivity index (χ1) is 3.55. The van der Waals surface area contributed by atoms with Crippen molar-refractivity contribution in [3.8, 4) is 0 Å². The third-order valence-corrected chi connectivity index (χ3v) is 1.19. The molecule has 48 valence electrons. The molecule has 3 nitrogen and oxygen atoms in total. The molecule has 0 aliphatic carbocycles. The summed E-state index contributed by atoms with van der Waals surface area (Å²) >= 11 is 2.91. The molecule has 8 heavy (non-hydrogen) atoms. The molecule has 4 heteroatoms. The lowest BCUT2D eigenvalue weighted by Crippen LogP contribution is -2.27. The van der Waals surface area contributed by atoms with E-state index in [0.717, 1.165) is 0 Å². The van der Waals surface area contributed by atoms with E-state index in [1.54, 1.807) is 6.92 Å². The lowest BCUT2D eigenvalue weighted by Gasteiger charge is -2.04. The summed E-state index contributed by atoms with van der Waals surface area (Å²) < 4.78 is 0. The summed E-state index contributed by atoms with van der Waals surface area (Å²) in [4.78, 5) is 9.47. The molecular formula is C4H7BrO3. The lowest BCUT2D eigenvalue weighted by molar-refractivity contribution is -0.146. The number of aliphatic hydroxyl groups excluding tert-OH is 1. The van der Waals surface area contributed by atoms with Gasteiger partial charge < -0.3 is 10.2 Å². The van der Waals surface area contributed by atoms with Crippen molar-refractivity contribution in [3.63, 3.8) is 0 Å². The van der Waals surface area contributed by atoms with Crippen LogP contribution in [0.3, 0.4) is 0 Å². The number of aliphatic hydroxyl groups is 1. The third-order valence-electron chi connectivity index (χ3n) is 0.688. The molecule has 0 rings (SSSR count). The molecule has 0 aromatic heterocycles. The lowest BCUT2D eigenvalue weighted by atomic mass is 10.3. The summed E-state index contributed by atoms with van der Waals surface area (Å²) in [6.45, 7) is 1.57. The molecule has 0 fully saturated rings. The molecule has 0 heterocycles. The summed E-state index contributed by atoms with van der Waals surface area (Å²) in [5.41, 5.74) is 0. The van der Waals surface area contributed by atoms with Gasteiger partial charge in [0.25, 0.3) is 0 Å². The van der Waals surface area contributed by atoms with Crippen molar-refractivity contribution in [2.45, 2.75) is 17.9 Å². The highest BCUT2D eigenvalue weighted by Crippen LogP contribution is 2.03. The highest BCUT2D eigenvalue weighted by molar-refractivity contribution is 9.09. The summed E-state index contributed by atoms with van der Waals surface area (Å²) in [7, 11) is 0. The van der Waals surface area contributed by atoms with Crippen LogP contribution in [0.5, 0.6) is 0 Å². The molecule has 0 radical (unpaired) electrons. The van der Waals surface area contributed by atoms with Gasteiger partial charge in [-0.05, 0) is 6.92 Å². The van der Waals surface area contributed by atoms with Crippen LogP contribution in [0.25, 0.3) is 0 Å². The van der Waals surface area contributed by atoms with Crippen LogP contribution in [0.1, 0.15) is 6.92 Å². The summed E-state index contributed by atoms with van der Waals surface area (Å²) in [5, 5.41) is 16.6. The van der Waals surface area contributed by atoms with Gasteiger partial charge in [0.1, 0.15) is 0 Å². The number of carbonyl (C=O) groups is 1. The summed E-state index contributed by atoms with van der Waals surface area (Å²) in [6, 6.07) is 0. The maximum atomic E-state index is 9.86. The minimum Gasteiger partial charge on any atom is -0.479 e. The van der Waals surface area contributed by atoms with E-state index in [9.17, 15) is 4.79 Å². The Labute approximate surface area is 55.5 Å². The van der Waals surface area contributed by atoms with Gasteiger partial charge in [0, 0.05) is 4.83 Å². The monoisotopic (exact) mass is 182 g/mol. The van der Waals surface area contributed by atoms with Crippen molar-refractivity contribution in [3.05, 3.63) is 0 Å². The van der Waals surface area contributed by atoms with Crippen molar-refractivity contribution in [2.75, 3.05) is 0 Å². The Morgan fingerprint density at radius 3 is 2.12 bits per heavy atom. The van der Waals surface area contributed by atoms with Gasteiger partial charge in [-0.3, -0.25) is 0 Å². The van der Waals surface area contributed by atoms with E-state index in [1.165, 1.54) is 0 Å². The van der Waals surface area contributed by atoms with Crippen molar-refractivity contribution >= 4 is 21.9 Å². The Hall–Kier alpha value is -0.0900. The zero-order valence-electron chi connectivity index (χ0n) is 4.34. The van der Waals surface area contributed by atoms with Crippen LogP contribution in [0.2, 0.25) is 0 Å². The van der Waals surface area contributed by atoms with Crippen LogP contribution in [0.15, 0.2) is 0 Å². The highest BCUT2D eigenvalue weighted by atomic mass is 79.9. The molecule has 0 bridgehead atoms. The molecule has 0 amide bonds. The second-order valence-electron chi connectivity index (χ2n) is 1.46. The first kappa shape index (κ1) is 7.91. The first-order valence-corrected chi connectivity index (χ1v) is 3.02. The predicted molar refractivity (Wildman–Crippen MR) is 32.0 cm³/mol. The Morgan fingerprint density at radius 1 is 1.75 bits per heavy atom. The van der Waals surface area contributed by atoms with E-state index in [4.69, 9.17) is 10.2 Å². The molecule has 0 aliphatic heterocycles. The normalized spacial score (nSPS) is 17.4. The zero-order chi connectivity index (χ0) is 6.73. The van der Waals surface area contributed by atoms with Gasteiger partial charge >= 0.3 is 5.97 Å². The summed E-state index contributed by atoms with van der Waals surface area (Å²) in [5.74, 6) is -1.20. The Morgan fingerprint density at radius 2 is 2.12 bits per heavy atom. The fourth-order valence-corrected chi connectivity index (χ4v) is 0.423. The fourth-order valence-electron chi connectivity index (χ4n) is 0.196. The zero-order valence-corrected chi connectivity index (χ0v) is 5.92. The van der Waals surface area contributed by atoms with E-state index in [1.807, 2.05) is 0 Å². The Balaban J connectivity index is 3.64. The van der Waals surface area contributed by atoms with Crippen LogP contribution in [-0.4, -0.2) is 27.1 Å². The van der Waals surface area contributed by atoms with Gasteiger partial charge in [0.2, 0.25) is 0 Å². The van der Waals surface area contributed by atoms with Crippen molar-refractivity contribution in [1.82, 2.24) is 0 Å². The second-order valence-corrected chi connectivity index (χ2v) is 2.90. The molecular weight excluding hydrogens is 176 g/mol. The van der Waals surface area contributed by atoms with Gasteiger partial charge in [-0.25, -0.2) is 4.79 Å². The highest BCUT2D eigenvalue weighted by Gasteiger charge is 2.17. The average molecular weight is 183 g/mol. The number of hydrogen-bond acceptors (Lipinski definition) is 2. The van der Waals surface area contributed by atoms with Gasteiger partial charge in [0.05, 0.1) is 0 Å². The minimum atomic E-state index is -1.30. The molecule has 2 atom stereocenters. The van der Waals surface area contributed by atoms with E-state index < -0.39 is 12.1 Å². The van der Waals surface area contributed by atoms with Crippen LogP contribution in [0.4, 0.5) is 0 Å². The predicted octanol–water partition coefficient (Wildman–Crippen LogP) is 0.215. The molecule has 0 aromatic carbocycles. The minimum absolute atomic E-state index is 0.389. The molecule has 0 aromatic rings. The number of halogens is 1. The van der Waals surface area contributed by atoms with Crippen molar-refractivity contribution < 1.29 is 15.0 Å². The number of aliphatic carboxylic acids is 1. The topological polar surface area (TPSA) is 57.5 Å². The number of hydrogen-bond donors (Lipinski definition) is 2. The van der Waals surface area contributed by atoms with Crippen LogP contribution in [-0.2, 0) is 4.79 Å². The SMILES string of the molecule is C[C@@H](Br)[C@@H](O)C(=O)O. The maximum absolute atomic E-state index is 9.86. The van der Waals surface area contributed by atoms with Gasteiger partial charge in [0.15, 0.2) is 6.10 Å². The number of rotatable bonds is 2. The fraction of sp³-hybridized carbons (Fsp3) is 0.750. The van der Waals surface area contributed by atoms with Crippen LogP contribution >= 0.6 is 15.9 Å². The van der Waals surface area contributed by atoms with E-state index in [2.05, 4.69) is 15.9 Å². The average Bonchev–Trinajstić information content (AvgIpc) is 1.64. The largest absolute Gasteiger partial charge is 0.479 e. The molecule has 0 aliphatic rings. The molecule has 0 unspecified atom stereocenters.